The van der Waals surface area contributed by atoms with Gasteiger partial charge in [0.2, 0.25) is 17.7 Å². The molecule has 0 aromatic heterocycles. The van der Waals surface area contributed by atoms with Gasteiger partial charge in [0.15, 0.2) is 0 Å². The van der Waals surface area contributed by atoms with E-state index in [1.807, 2.05) is 13.8 Å². The smallest absolute Gasteiger partial charge is 0.244 e. The molecule has 1 unspecified atom stereocenters. The van der Waals surface area contributed by atoms with E-state index in [9.17, 15) is 14.4 Å². The monoisotopic (exact) mass is 371 g/mol. The van der Waals surface area contributed by atoms with Crippen molar-refractivity contribution in [1.29, 1.82) is 0 Å². The lowest BCUT2D eigenvalue weighted by Crippen LogP contribution is -2.43. The Morgan fingerprint density at radius 1 is 1.00 bits per heavy atom. The van der Waals surface area contributed by atoms with Crippen LogP contribution in [0.1, 0.15) is 73.1 Å². The minimum absolute atomic E-state index is 0.0787. The lowest BCUT2D eigenvalue weighted by atomic mass is 9.93. The highest BCUT2D eigenvalue weighted by atomic mass is 16.5. The summed E-state index contributed by atoms with van der Waals surface area (Å²) in [5.41, 5.74) is 1.54. The molecule has 1 atom stereocenters. The first-order valence-electron chi connectivity index (χ1n) is 9.65. The zero-order chi connectivity index (χ0) is 20.1. The van der Waals surface area contributed by atoms with Crippen molar-refractivity contribution in [3.63, 3.8) is 0 Å². The zero-order valence-corrected chi connectivity index (χ0v) is 16.9. The van der Waals surface area contributed by atoms with Gasteiger partial charge in [-0.15, -0.1) is 0 Å². The average Bonchev–Trinajstić information content (AvgIpc) is 3.03. The van der Waals surface area contributed by atoms with E-state index in [2.05, 4.69) is 31.4 Å². The predicted octanol–water partition coefficient (Wildman–Crippen LogP) is 2.38. The summed E-state index contributed by atoms with van der Waals surface area (Å²) < 4.78 is 0. The number of carbonyl (C=O) groups is 3. The molecule has 152 valence electrons. The topological polar surface area (TPSA) is 108 Å². The second-order valence-corrected chi connectivity index (χ2v) is 8.06. The summed E-state index contributed by atoms with van der Waals surface area (Å²) in [6.45, 7) is 10.3. The van der Waals surface area contributed by atoms with Crippen molar-refractivity contribution in [2.24, 2.45) is 17.8 Å². The van der Waals surface area contributed by atoms with Crippen LogP contribution in [-0.2, 0) is 14.4 Å². The summed E-state index contributed by atoms with van der Waals surface area (Å²) in [4.78, 5) is 35.2. The molecule has 3 amide bonds. The van der Waals surface area contributed by atoms with Crippen LogP contribution in [0.3, 0.4) is 0 Å². The lowest BCUT2D eigenvalue weighted by Gasteiger charge is -2.18. The molecule has 1 rings (SSSR count). The number of nitrogens with one attached hydrogen (secondary N) is 3. The molecule has 7 nitrogen and oxygen atoms in total. The Kier molecular flexibility index (Phi) is 12.7. The third-order valence-electron chi connectivity index (χ3n) is 3.83. The normalized spacial score (nSPS) is 15.2. The largest absolute Gasteiger partial charge is 0.352 e. The first-order valence-corrected chi connectivity index (χ1v) is 9.65. The van der Waals surface area contributed by atoms with E-state index >= 15 is 0 Å². The minimum Gasteiger partial charge on any atom is -0.352 e. The van der Waals surface area contributed by atoms with E-state index in [1.165, 1.54) is 5.48 Å². The summed E-state index contributed by atoms with van der Waals surface area (Å²) in [5, 5.41) is 14.1. The Hall–Kier alpha value is -1.63. The third kappa shape index (κ3) is 12.7. The fourth-order valence-electron chi connectivity index (χ4n) is 2.78. The van der Waals surface area contributed by atoms with Gasteiger partial charge in [-0.25, -0.2) is 5.48 Å². The summed E-state index contributed by atoms with van der Waals surface area (Å²) in [6.07, 6.45) is 4.67. The van der Waals surface area contributed by atoms with E-state index in [1.54, 1.807) is 0 Å². The molecular formula is C19H37N3O4. The number of hydrogen-bond donors (Lipinski definition) is 4. The van der Waals surface area contributed by atoms with Gasteiger partial charge < -0.3 is 10.6 Å². The van der Waals surface area contributed by atoms with Gasteiger partial charge >= 0.3 is 0 Å². The fraction of sp³-hybridized carbons (Fsp3) is 0.842. The number of carbonyl (C=O) groups excluding carboxylic acids is 3. The van der Waals surface area contributed by atoms with Gasteiger partial charge in [-0.05, 0) is 31.1 Å². The zero-order valence-electron chi connectivity index (χ0n) is 16.9. The van der Waals surface area contributed by atoms with E-state index in [0.29, 0.717) is 6.42 Å². The molecule has 26 heavy (non-hydrogen) atoms. The maximum atomic E-state index is 12.1. The second kappa shape index (κ2) is 13.6. The summed E-state index contributed by atoms with van der Waals surface area (Å²) >= 11 is 0. The Bertz CT molecular complexity index is 430. The molecule has 1 fully saturated rings. The van der Waals surface area contributed by atoms with Gasteiger partial charge in [-0.3, -0.25) is 19.6 Å². The van der Waals surface area contributed by atoms with Crippen LogP contribution < -0.4 is 16.1 Å². The molecule has 0 aromatic rings. The molecule has 1 aliphatic rings. The maximum Gasteiger partial charge on any atom is 0.244 e. The van der Waals surface area contributed by atoms with Crippen LogP contribution in [0.25, 0.3) is 0 Å². The van der Waals surface area contributed by atoms with E-state index in [-0.39, 0.29) is 36.7 Å². The minimum atomic E-state index is -0.601. The molecule has 0 spiro atoms. The average molecular weight is 372 g/mol. The standard InChI is InChI=1S/C15H27N3O4.C4H10/c1-10(2)7-11(8-13(19)18-22)15(21)16-9-14(20)17-12-5-3-4-6-12;1-4(2)3/h10-12,22H,3-9H2,1-2H3,(H,16,21)(H,17,20)(H,18,19);4H,1-3H3. The van der Waals surface area contributed by atoms with Crippen LogP contribution >= 0.6 is 0 Å². The highest BCUT2D eigenvalue weighted by molar-refractivity contribution is 5.88. The van der Waals surface area contributed by atoms with Gasteiger partial charge in [-0.2, -0.15) is 0 Å². The molecule has 1 aliphatic carbocycles. The van der Waals surface area contributed by atoms with Crippen molar-refractivity contribution in [1.82, 2.24) is 16.1 Å². The van der Waals surface area contributed by atoms with Crippen molar-refractivity contribution in [2.75, 3.05) is 6.54 Å². The van der Waals surface area contributed by atoms with Gasteiger partial charge in [-0.1, -0.05) is 47.5 Å². The first-order chi connectivity index (χ1) is 12.1. The highest BCUT2D eigenvalue weighted by Gasteiger charge is 2.24. The predicted molar refractivity (Wildman–Crippen MR) is 101 cm³/mol. The quantitative estimate of drug-likeness (QED) is 0.388. The molecule has 0 bridgehead atoms. The van der Waals surface area contributed by atoms with Gasteiger partial charge in [0.1, 0.15) is 0 Å². The van der Waals surface area contributed by atoms with Crippen molar-refractivity contribution in [3.8, 4) is 0 Å². The van der Waals surface area contributed by atoms with Crippen molar-refractivity contribution >= 4 is 17.7 Å². The number of rotatable bonds is 8. The van der Waals surface area contributed by atoms with Gasteiger partial charge in [0, 0.05) is 18.4 Å². The van der Waals surface area contributed by atoms with Crippen molar-refractivity contribution < 1.29 is 19.6 Å². The van der Waals surface area contributed by atoms with Crippen LogP contribution in [0, 0.1) is 17.8 Å². The van der Waals surface area contributed by atoms with Crippen LogP contribution in [-0.4, -0.2) is 35.5 Å². The Balaban J connectivity index is 0.00000141. The maximum absolute atomic E-state index is 12.1. The van der Waals surface area contributed by atoms with Crippen LogP contribution in [0.5, 0.6) is 0 Å². The summed E-state index contributed by atoms with van der Waals surface area (Å²) in [6, 6.07) is 0.219. The molecule has 0 aromatic carbocycles. The van der Waals surface area contributed by atoms with E-state index in [4.69, 9.17) is 5.21 Å². The molecule has 0 aliphatic heterocycles. The summed E-state index contributed by atoms with van der Waals surface area (Å²) in [5.74, 6) is -0.619. The summed E-state index contributed by atoms with van der Waals surface area (Å²) in [7, 11) is 0. The molecule has 0 radical (unpaired) electrons. The van der Waals surface area contributed by atoms with Crippen LogP contribution in [0.4, 0.5) is 0 Å². The Labute approximate surface area is 157 Å². The molecule has 1 saturated carbocycles. The van der Waals surface area contributed by atoms with Crippen LogP contribution in [0.2, 0.25) is 0 Å². The number of hydrogen-bond acceptors (Lipinski definition) is 4. The van der Waals surface area contributed by atoms with Gasteiger partial charge in [0.05, 0.1) is 6.54 Å². The number of hydroxylamine groups is 1. The first kappa shape index (κ1) is 24.4. The fourth-order valence-corrected chi connectivity index (χ4v) is 2.78. The third-order valence-corrected chi connectivity index (χ3v) is 3.83. The lowest BCUT2D eigenvalue weighted by molar-refractivity contribution is -0.135. The Morgan fingerprint density at radius 3 is 2.00 bits per heavy atom. The Morgan fingerprint density at radius 2 is 1.54 bits per heavy atom. The molecular weight excluding hydrogens is 334 g/mol. The molecule has 4 N–H and O–H groups in total. The SMILES string of the molecule is CC(C)C.CC(C)CC(CC(=O)NO)C(=O)NCC(=O)NC1CCCC1. The van der Waals surface area contributed by atoms with E-state index < -0.39 is 11.8 Å². The van der Waals surface area contributed by atoms with E-state index in [0.717, 1.165) is 31.6 Å². The number of amides is 3. The highest BCUT2D eigenvalue weighted by Crippen LogP contribution is 2.17. The molecule has 7 heteroatoms. The van der Waals surface area contributed by atoms with Crippen LogP contribution in [0.15, 0.2) is 0 Å². The second-order valence-electron chi connectivity index (χ2n) is 8.06. The van der Waals surface area contributed by atoms with Gasteiger partial charge in [0.25, 0.3) is 0 Å². The molecule has 0 heterocycles. The van der Waals surface area contributed by atoms with Crippen molar-refractivity contribution in [3.05, 3.63) is 0 Å². The van der Waals surface area contributed by atoms with Crippen molar-refractivity contribution in [2.45, 2.75) is 79.2 Å². The molecule has 0 saturated heterocycles.